The van der Waals surface area contributed by atoms with Crippen LogP contribution in [0.4, 0.5) is 0 Å². The fraction of sp³-hybridized carbons (Fsp3) is 0.583. The van der Waals surface area contributed by atoms with Crippen molar-refractivity contribution in [1.29, 1.82) is 0 Å². The number of hydroxylamine groups is 2. The molecule has 1 aliphatic carbocycles. The van der Waals surface area contributed by atoms with Gasteiger partial charge in [-0.2, -0.15) is 0 Å². The average Bonchev–Trinajstić information content (AvgIpc) is 2.67. The third-order valence-corrected chi connectivity index (χ3v) is 3.91. The van der Waals surface area contributed by atoms with Crippen molar-refractivity contribution < 1.29 is 19.2 Å². The number of amides is 2. The van der Waals surface area contributed by atoms with Gasteiger partial charge in [-0.15, -0.1) is 5.06 Å². The molecule has 0 spiro atoms. The van der Waals surface area contributed by atoms with Crippen LogP contribution >= 0.6 is 23.2 Å². The van der Waals surface area contributed by atoms with Crippen molar-refractivity contribution in [2.75, 3.05) is 0 Å². The Balaban J connectivity index is 2.04. The molecule has 5 nitrogen and oxygen atoms in total. The summed E-state index contributed by atoms with van der Waals surface area (Å²) in [6, 6.07) is 0. The van der Waals surface area contributed by atoms with Crippen molar-refractivity contribution in [2.24, 2.45) is 17.3 Å². The van der Waals surface area contributed by atoms with Gasteiger partial charge in [-0.25, -0.2) is 4.79 Å². The number of allylic oxidation sites excluding steroid dienone is 1. The van der Waals surface area contributed by atoms with Gasteiger partial charge in [0, 0.05) is 12.8 Å². The van der Waals surface area contributed by atoms with Crippen LogP contribution in [0.2, 0.25) is 0 Å². The minimum absolute atomic E-state index is 0.0804. The molecule has 0 aromatic carbocycles. The number of carbonyl (C=O) groups is 3. The number of rotatable bonds is 3. The van der Waals surface area contributed by atoms with E-state index in [1.807, 2.05) is 13.8 Å². The van der Waals surface area contributed by atoms with Crippen LogP contribution in [0.1, 0.15) is 26.7 Å². The SMILES string of the molecule is CC1(C)[C@@H](C=C(Cl)Cl)[C@@H]1C(=O)ON1C(=O)CCC1=O. The summed E-state index contributed by atoms with van der Waals surface area (Å²) in [5.74, 6) is -2.19. The quantitative estimate of drug-likeness (QED) is 0.750. The van der Waals surface area contributed by atoms with E-state index in [0.717, 1.165) is 0 Å². The molecule has 0 unspecified atom stereocenters. The second-order valence-corrected chi connectivity index (χ2v) is 6.28. The molecule has 0 bridgehead atoms. The van der Waals surface area contributed by atoms with E-state index >= 15 is 0 Å². The highest BCUT2D eigenvalue weighted by Crippen LogP contribution is 2.60. The predicted molar refractivity (Wildman–Crippen MR) is 67.7 cm³/mol. The summed E-state index contributed by atoms with van der Waals surface area (Å²) in [4.78, 5) is 39.6. The Morgan fingerprint density at radius 3 is 2.32 bits per heavy atom. The number of hydrogen-bond donors (Lipinski definition) is 0. The molecule has 0 aromatic heterocycles. The zero-order valence-corrected chi connectivity index (χ0v) is 12.0. The van der Waals surface area contributed by atoms with Gasteiger partial charge in [0.15, 0.2) is 0 Å². The summed E-state index contributed by atoms with van der Waals surface area (Å²) in [5.41, 5.74) is -0.349. The fourth-order valence-electron chi connectivity index (χ4n) is 2.38. The van der Waals surface area contributed by atoms with E-state index < -0.39 is 23.7 Å². The van der Waals surface area contributed by atoms with E-state index in [9.17, 15) is 14.4 Å². The molecular weight excluding hydrogens is 293 g/mol. The Hall–Kier alpha value is -1.07. The van der Waals surface area contributed by atoms with E-state index in [0.29, 0.717) is 5.06 Å². The van der Waals surface area contributed by atoms with E-state index in [-0.39, 0.29) is 28.7 Å². The molecule has 2 aliphatic rings. The van der Waals surface area contributed by atoms with Gasteiger partial charge in [0.2, 0.25) is 0 Å². The molecule has 1 heterocycles. The van der Waals surface area contributed by atoms with Gasteiger partial charge in [-0.05, 0) is 17.4 Å². The highest BCUT2D eigenvalue weighted by atomic mass is 35.5. The Labute approximate surface area is 120 Å². The molecule has 1 saturated heterocycles. The summed E-state index contributed by atoms with van der Waals surface area (Å²) < 4.78 is 0.0849. The Morgan fingerprint density at radius 2 is 1.84 bits per heavy atom. The van der Waals surface area contributed by atoms with E-state index in [1.54, 1.807) is 6.08 Å². The number of hydrogen-bond acceptors (Lipinski definition) is 4. The van der Waals surface area contributed by atoms with Crippen molar-refractivity contribution in [1.82, 2.24) is 5.06 Å². The standard InChI is InChI=1S/C12H13Cl2NO4/c1-12(2)6(5-7(13)14)10(12)11(18)19-15-8(16)3-4-9(15)17/h5-6,10H,3-4H2,1-2H3/t6-,10+/m0/s1. The third kappa shape index (κ3) is 2.62. The van der Waals surface area contributed by atoms with Gasteiger partial charge in [0.1, 0.15) is 4.49 Å². The van der Waals surface area contributed by atoms with Gasteiger partial charge < -0.3 is 4.84 Å². The minimum atomic E-state index is -0.607. The molecule has 2 amide bonds. The second-order valence-electron chi connectivity index (χ2n) is 5.27. The highest BCUT2D eigenvalue weighted by Gasteiger charge is 2.62. The Kier molecular flexibility index (Phi) is 3.62. The first-order valence-electron chi connectivity index (χ1n) is 5.85. The number of nitrogens with zero attached hydrogens (tertiary/aromatic N) is 1. The molecule has 0 radical (unpaired) electrons. The molecule has 0 aromatic rings. The largest absolute Gasteiger partial charge is 0.337 e. The van der Waals surface area contributed by atoms with Crippen LogP contribution in [0.15, 0.2) is 10.6 Å². The van der Waals surface area contributed by atoms with Crippen LogP contribution < -0.4 is 0 Å². The number of imide groups is 1. The minimum Gasteiger partial charge on any atom is -0.330 e. The normalized spacial score (nSPS) is 28.3. The van der Waals surface area contributed by atoms with Gasteiger partial charge in [0.05, 0.1) is 5.92 Å². The van der Waals surface area contributed by atoms with Crippen LogP contribution in [0, 0.1) is 17.3 Å². The number of carbonyl (C=O) groups excluding carboxylic acids is 3. The van der Waals surface area contributed by atoms with Crippen LogP contribution in [0.3, 0.4) is 0 Å². The van der Waals surface area contributed by atoms with E-state index in [1.165, 1.54) is 0 Å². The van der Waals surface area contributed by atoms with Crippen molar-refractivity contribution in [3.63, 3.8) is 0 Å². The van der Waals surface area contributed by atoms with Gasteiger partial charge in [-0.3, -0.25) is 9.59 Å². The molecule has 2 atom stereocenters. The zero-order valence-electron chi connectivity index (χ0n) is 10.5. The first-order chi connectivity index (χ1) is 8.75. The van der Waals surface area contributed by atoms with Gasteiger partial charge in [0.25, 0.3) is 11.8 Å². The summed E-state index contributed by atoms with van der Waals surface area (Å²) in [7, 11) is 0. The monoisotopic (exact) mass is 305 g/mol. The summed E-state index contributed by atoms with van der Waals surface area (Å²) in [6.07, 6.45) is 1.73. The summed E-state index contributed by atoms with van der Waals surface area (Å²) in [5, 5.41) is 0.555. The molecule has 2 fully saturated rings. The molecule has 19 heavy (non-hydrogen) atoms. The molecule has 0 N–H and O–H groups in total. The van der Waals surface area contributed by atoms with Crippen LogP contribution in [0.25, 0.3) is 0 Å². The maximum absolute atomic E-state index is 12.0. The van der Waals surface area contributed by atoms with Crippen LogP contribution in [0.5, 0.6) is 0 Å². The van der Waals surface area contributed by atoms with Crippen LogP contribution in [-0.2, 0) is 19.2 Å². The Bertz CT molecular complexity index is 466. The van der Waals surface area contributed by atoms with E-state index in [4.69, 9.17) is 28.0 Å². The van der Waals surface area contributed by atoms with Crippen molar-refractivity contribution in [2.45, 2.75) is 26.7 Å². The van der Waals surface area contributed by atoms with Gasteiger partial charge in [-0.1, -0.05) is 37.0 Å². The zero-order chi connectivity index (χ0) is 14.4. The maximum Gasteiger partial charge on any atom is 0.337 e. The van der Waals surface area contributed by atoms with E-state index in [2.05, 4.69) is 0 Å². The lowest BCUT2D eigenvalue weighted by Crippen LogP contribution is -2.33. The smallest absolute Gasteiger partial charge is 0.330 e. The Morgan fingerprint density at radius 1 is 1.32 bits per heavy atom. The van der Waals surface area contributed by atoms with Crippen molar-refractivity contribution >= 4 is 41.0 Å². The molecule has 1 saturated carbocycles. The molecule has 1 aliphatic heterocycles. The topological polar surface area (TPSA) is 63.7 Å². The lowest BCUT2D eigenvalue weighted by atomic mass is 10.1. The van der Waals surface area contributed by atoms with Gasteiger partial charge >= 0.3 is 5.97 Å². The highest BCUT2D eigenvalue weighted by molar-refractivity contribution is 6.55. The summed E-state index contributed by atoms with van der Waals surface area (Å²) in [6.45, 7) is 3.73. The first-order valence-corrected chi connectivity index (χ1v) is 6.61. The molecule has 2 rings (SSSR count). The van der Waals surface area contributed by atoms with Crippen LogP contribution in [-0.4, -0.2) is 22.8 Å². The third-order valence-electron chi connectivity index (χ3n) is 3.66. The molecular formula is C12H13Cl2NO4. The van der Waals surface area contributed by atoms with Crippen molar-refractivity contribution in [3.05, 3.63) is 10.6 Å². The lowest BCUT2D eigenvalue weighted by Gasteiger charge is -2.12. The predicted octanol–water partition coefficient (Wildman–Crippen LogP) is 2.18. The molecule has 7 heteroatoms. The number of halogens is 2. The maximum atomic E-state index is 12.0. The summed E-state index contributed by atoms with van der Waals surface area (Å²) >= 11 is 11.2. The fourth-order valence-corrected chi connectivity index (χ4v) is 2.65. The second kappa shape index (κ2) is 4.80. The van der Waals surface area contributed by atoms with Crippen molar-refractivity contribution in [3.8, 4) is 0 Å². The average molecular weight is 306 g/mol. The lowest BCUT2D eigenvalue weighted by molar-refractivity contribution is -0.199. The first kappa shape index (κ1) is 14.3. The molecule has 104 valence electrons.